The lowest BCUT2D eigenvalue weighted by atomic mass is 10.0. The number of benzene rings is 1. The van der Waals surface area contributed by atoms with Gasteiger partial charge in [-0.2, -0.15) is 0 Å². The summed E-state index contributed by atoms with van der Waals surface area (Å²) >= 11 is 0. The van der Waals surface area contributed by atoms with Crippen LogP contribution in [0.15, 0.2) is 48.1 Å². The van der Waals surface area contributed by atoms with Gasteiger partial charge in [-0.3, -0.25) is 20.2 Å². The number of allylic oxidation sites excluding steroid dienone is 3. The van der Waals surface area contributed by atoms with Crippen molar-refractivity contribution < 1.29 is 24.2 Å². The molecule has 1 aromatic rings. The lowest BCUT2D eigenvalue weighted by molar-refractivity contribution is -0.123. The van der Waals surface area contributed by atoms with Gasteiger partial charge in [-0.25, -0.2) is 4.79 Å². The Balaban J connectivity index is 1.71. The van der Waals surface area contributed by atoms with Crippen LogP contribution in [0.2, 0.25) is 0 Å². The van der Waals surface area contributed by atoms with E-state index >= 15 is 0 Å². The molecule has 1 aliphatic carbocycles. The highest BCUT2D eigenvalue weighted by atomic mass is 16.5. The van der Waals surface area contributed by atoms with Gasteiger partial charge in [0.15, 0.2) is 0 Å². The van der Waals surface area contributed by atoms with Crippen LogP contribution >= 0.6 is 0 Å². The maximum absolute atomic E-state index is 11.7. The maximum atomic E-state index is 11.7. The number of carbonyl (C=O) groups excluding carboxylic acids is 3. The maximum Gasteiger partial charge on any atom is 0.328 e. The van der Waals surface area contributed by atoms with Crippen molar-refractivity contribution >= 4 is 23.9 Å². The monoisotopic (exact) mass is 340 g/mol. The van der Waals surface area contributed by atoms with Crippen molar-refractivity contribution in [2.45, 2.75) is 6.42 Å². The molecule has 3 N–H and O–H groups in total. The predicted molar refractivity (Wildman–Crippen MR) is 89.6 cm³/mol. The number of carbonyl (C=O) groups is 3. The molecular formula is C18H16N2O5. The Kier molecular flexibility index (Phi) is 4.65. The van der Waals surface area contributed by atoms with Gasteiger partial charge in [0, 0.05) is 17.5 Å². The Morgan fingerprint density at radius 3 is 2.56 bits per heavy atom. The fraction of sp³-hybridized carbons (Fsp3) is 0.167. The number of aromatic hydroxyl groups is 1. The number of imide groups is 2. The molecular weight excluding hydrogens is 324 g/mol. The second-order valence-electron chi connectivity index (χ2n) is 5.64. The van der Waals surface area contributed by atoms with Gasteiger partial charge in [0.1, 0.15) is 17.1 Å². The van der Waals surface area contributed by atoms with Crippen LogP contribution in [0.3, 0.4) is 0 Å². The van der Waals surface area contributed by atoms with E-state index in [4.69, 9.17) is 4.74 Å². The molecule has 1 aliphatic heterocycles. The molecule has 0 bridgehead atoms. The van der Waals surface area contributed by atoms with E-state index in [0.717, 1.165) is 6.42 Å². The third-order valence-electron chi connectivity index (χ3n) is 3.78. The molecule has 1 aromatic carbocycles. The standard InChI is InChI=1S/C18H16N2O5/c21-15-9-13(25-10-11-4-2-1-3-5-11)7-6-12(15)8-14-16(22)19-18(24)20-17(14)23/h1-4,6-9,11,21H,5,10H2,(H2,19,20,22,23,24). The zero-order valence-electron chi connectivity index (χ0n) is 13.2. The lowest BCUT2D eigenvalue weighted by Crippen LogP contribution is -2.51. The fourth-order valence-electron chi connectivity index (χ4n) is 2.46. The first-order valence-corrected chi connectivity index (χ1v) is 7.70. The number of phenolic OH excluding ortho intramolecular Hbond substituents is 1. The third kappa shape index (κ3) is 3.95. The molecule has 25 heavy (non-hydrogen) atoms. The Morgan fingerprint density at radius 1 is 1.16 bits per heavy atom. The highest BCUT2D eigenvalue weighted by molar-refractivity contribution is 6.31. The molecule has 0 saturated carbocycles. The molecule has 1 unspecified atom stereocenters. The van der Waals surface area contributed by atoms with Crippen LogP contribution in [0, 0.1) is 5.92 Å². The van der Waals surface area contributed by atoms with Crippen LogP contribution in [0.4, 0.5) is 4.79 Å². The number of amides is 4. The quantitative estimate of drug-likeness (QED) is 0.571. The molecule has 4 amide bonds. The van der Waals surface area contributed by atoms with Crippen LogP contribution in [0.25, 0.3) is 6.08 Å². The Labute approximate surface area is 143 Å². The number of urea groups is 1. The highest BCUT2D eigenvalue weighted by Gasteiger charge is 2.27. The van der Waals surface area contributed by atoms with Crippen molar-refractivity contribution in [3.8, 4) is 11.5 Å². The SMILES string of the molecule is O=C1NC(=O)C(=Cc2ccc(OCC3C=CC=CC3)cc2O)C(=O)N1. The number of ether oxygens (including phenoxy) is 1. The van der Waals surface area contributed by atoms with Crippen molar-refractivity contribution in [1.82, 2.24) is 10.6 Å². The van der Waals surface area contributed by atoms with Crippen LogP contribution in [0.1, 0.15) is 12.0 Å². The third-order valence-corrected chi connectivity index (χ3v) is 3.78. The molecule has 1 heterocycles. The number of phenols is 1. The van der Waals surface area contributed by atoms with E-state index in [1.165, 1.54) is 18.2 Å². The molecule has 128 valence electrons. The summed E-state index contributed by atoms with van der Waals surface area (Å²) in [5.74, 6) is -1.01. The molecule has 2 aliphatic rings. The number of hydrogen-bond donors (Lipinski definition) is 3. The van der Waals surface area contributed by atoms with E-state index in [-0.39, 0.29) is 22.8 Å². The first kappa shape index (κ1) is 16.5. The van der Waals surface area contributed by atoms with Crippen LogP contribution in [-0.4, -0.2) is 29.6 Å². The van der Waals surface area contributed by atoms with Crippen molar-refractivity contribution in [2.75, 3.05) is 6.61 Å². The summed E-state index contributed by atoms with van der Waals surface area (Å²) < 4.78 is 5.66. The Bertz CT molecular complexity index is 801. The lowest BCUT2D eigenvalue weighted by Gasteiger charge is -2.15. The zero-order valence-corrected chi connectivity index (χ0v) is 13.2. The second kappa shape index (κ2) is 7.04. The summed E-state index contributed by atoms with van der Waals surface area (Å²) in [4.78, 5) is 34.4. The topological polar surface area (TPSA) is 105 Å². The van der Waals surface area contributed by atoms with Crippen LogP contribution in [0.5, 0.6) is 11.5 Å². The van der Waals surface area contributed by atoms with E-state index in [1.807, 2.05) is 22.8 Å². The van der Waals surface area contributed by atoms with Crippen molar-refractivity contribution in [1.29, 1.82) is 0 Å². The fourth-order valence-corrected chi connectivity index (χ4v) is 2.46. The van der Waals surface area contributed by atoms with Crippen LogP contribution < -0.4 is 15.4 Å². The number of barbiturate groups is 1. The molecule has 0 aromatic heterocycles. The molecule has 3 rings (SSSR count). The average Bonchev–Trinajstić information content (AvgIpc) is 2.58. The van der Waals surface area contributed by atoms with Crippen molar-refractivity contribution in [2.24, 2.45) is 5.92 Å². The van der Waals surface area contributed by atoms with Gasteiger partial charge in [-0.15, -0.1) is 0 Å². The summed E-state index contributed by atoms with van der Waals surface area (Å²) in [5, 5.41) is 14.0. The van der Waals surface area contributed by atoms with Gasteiger partial charge in [-0.1, -0.05) is 24.3 Å². The molecule has 7 heteroatoms. The van der Waals surface area contributed by atoms with Gasteiger partial charge < -0.3 is 9.84 Å². The minimum atomic E-state index is -0.869. The molecule has 7 nitrogen and oxygen atoms in total. The van der Waals surface area contributed by atoms with Crippen molar-refractivity contribution in [3.05, 3.63) is 53.6 Å². The van der Waals surface area contributed by atoms with E-state index < -0.39 is 17.8 Å². The highest BCUT2D eigenvalue weighted by Crippen LogP contribution is 2.27. The van der Waals surface area contributed by atoms with Crippen molar-refractivity contribution in [3.63, 3.8) is 0 Å². The Morgan fingerprint density at radius 2 is 1.92 bits per heavy atom. The smallest absolute Gasteiger partial charge is 0.328 e. The Hall–Kier alpha value is -3.35. The largest absolute Gasteiger partial charge is 0.507 e. The molecule has 0 spiro atoms. The summed E-state index contributed by atoms with van der Waals surface area (Å²) in [6.07, 6.45) is 10.2. The minimum Gasteiger partial charge on any atom is -0.507 e. The first-order chi connectivity index (χ1) is 12.0. The molecule has 0 radical (unpaired) electrons. The van der Waals surface area contributed by atoms with Gasteiger partial charge >= 0.3 is 6.03 Å². The second-order valence-corrected chi connectivity index (χ2v) is 5.64. The first-order valence-electron chi connectivity index (χ1n) is 7.70. The van der Waals surface area contributed by atoms with E-state index in [2.05, 4.69) is 12.2 Å². The van der Waals surface area contributed by atoms with Gasteiger partial charge in [-0.05, 0) is 24.6 Å². The average molecular weight is 340 g/mol. The summed E-state index contributed by atoms with van der Waals surface area (Å²) in [6.45, 7) is 0.480. The minimum absolute atomic E-state index is 0.137. The number of rotatable bonds is 4. The zero-order chi connectivity index (χ0) is 17.8. The molecule has 1 atom stereocenters. The van der Waals surface area contributed by atoms with Gasteiger partial charge in [0.25, 0.3) is 11.8 Å². The summed E-state index contributed by atoms with van der Waals surface area (Å²) in [6, 6.07) is 3.72. The molecule has 1 fully saturated rings. The normalized spacial score (nSPS) is 19.4. The van der Waals surface area contributed by atoms with Gasteiger partial charge in [0.05, 0.1) is 6.61 Å². The van der Waals surface area contributed by atoms with E-state index in [0.29, 0.717) is 12.4 Å². The molecule has 1 saturated heterocycles. The number of hydrogen-bond acceptors (Lipinski definition) is 5. The van der Waals surface area contributed by atoms with Crippen LogP contribution in [-0.2, 0) is 9.59 Å². The number of nitrogens with one attached hydrogen (secondary N) is 2. The summed E-state index contributed by atoms with van der Waals surface area (Å²) in [5.41, 5.74) is 0.00481. The van der Waals surface area contributed by atoms with Gasteiger partial charge in [0.2, 0.25) is 0 Å². The van der Waals surface area contributed by atoms with E-state index in [1.54, 1.807) is 6.07 Å². The predicted octanol–water partition coefficient (Wildman–Crippen LogP) is 1.65. The van der Waals surface area contributed by atoms with E-state index in [9.17, 15) is 19.5 Å². The summed E-state index contributed by atoms with van der Waals surface area (Å²) in [7, 11) is 0.